The monoisotopic (exact) mass is 741 g/mol. The van der Waals surface area contributed by atoms with Crippen LogP contribution in [0, 0.1) is 6.92 Å². The molecule has 0 saturated heterocycles. The number of anilines is 4. The molecular weight excluding hydrogens is 711 g/mol. The van der Waals surface area contributed by atoms with E-state index in [9.17, 15) is 28.0 Å². The minimum absolute atomic E-state index is 0.101. The molecule has 8 N–H and O–H groups in total. The van der Waals surface area contributed by atoms with Crippen LogP contribution < -0.4 is 16.8 Å². The summed E-state index contributed by atoms with van der Waals surface area (Å²) in [6, 6.07) is 33.2. The SMILES string of the molecule is Cc1cc(N=Nc2ccc(-c3ccc(N=Nc4ccc(O)c(C(=O)O)c4)cc3)cc2)c(N)c(N=Nc2ccc(Nc3ccccc3)c(S(=O)(=O)O)c2)c1N. The third kappa shape index (κ3) is 8.59. The van der Waals surface area contributed by atoms with Crippen molar-refractivity contribution >= 4 is 73.0 Å². The van der Waals surface area contributed by atoms with Gasteiger partial charge in [-0.25, -0.2) is 4.79 Å². The fourth-order valence-electron chi connectivity index (χ4n) is 5.10. The number of hydrogen-bond donors (Lipinski definition) is 6. The molecule has 0 heterocycles. The van der Waals surface area contributed by atoms with Crippen LogP contribution in [0.3, 0.4) is 0 Å². The molecule has 0 radical (unpaired) electrons. The average Bonchev–Trinajstić information content (AvgIpc) is 3.16. The number of carboxylic acid groups (broad SMARTS) is 1. The maximum absolute atomic E-state index is 12.2. The van der Waals surface area contributed by atoms with Crippen LogP contribution in [0.1, 0.15) is 15.9 Å². The minimum atomic E-state index is -4.63. The van der Waals surface area contributed by atoms with Crippen molar-refractivity contribution < 1.29 is 28.0 Å². The van der Waals surface area contributed by atoms with Gasteiger partial charge in [-0.3, -0.25) is 4.55 Å². The molecule has 0 atom stereocenters. The fourth-order valence-corrected chi connectivity index (χ4v) is 5.77. The fraction of sp³-hybridized carbons (Fsp3) is 0.0263. The average molecular weight is 742 g/mol. The Balaban J connectivity index is 1.17. The summed E-state index contributed by atoms with van der Waals surface area (Å²) in [6.07, 6.45) is 0. The summed E-state index contributed by atoms with van der Waals surface area (Å²) >= 11 is 0. The molecular formula is C38H31N9O6S. The molecule has 0 aliphatic carbocycles. The Morgan fingerprint density at radius 2 is 1.19 bits per heavy atom. The molecule has 6 rings (SSSR count). The van der Waals surface area contributed by atoms with E-state index in [4.69, 9.17) is 11.5 Å². The molecule has 0 fully saturated rings. The number of carboxylic acids is 1. The van der Waals surface area contributed by atoms with Crippen LogP contribution in [-0.4, -0.2) is 29.2 Å². The number of nitrogen functional groups attached to an aromatic ring is 2. The van der Waals surface area contributed by atoms with E-state index in [0.29, 0.717) is 22.6 Å². The van der Waals surface area contributed by atoms with Gasteiger partial charge in [-0.1, -0.05) is 42.5 Å². The molecule has 270 valence electrons. The lowest BCUT2D eigenvalue weighted by Crippen LogP contribution is -2.03. The summed E-state index contributed by atoms with van der Waals surface area (Å²) in [5.74, 6) is -1.62. The highest BCUT2D eigenvalue weighted by Crippen LogP contribution is 2.41. The van der Waals surface area contributed by atoms with Crippen LogP contribution >= 0.6 is 0 Å². The summed E-state index contributed by atoms with van der Waals surface area (Å²) in [7, 11) is -4.63. The standard InChI is InChI=1S/C38H31N9O6S/c1-22-19-32(36(40)37(35(22)39)47-45-29-15-17-31(34(21-29)54(51,52)53)41-25-5-3-2-4-6-25)46-43-27-13-9-24(10-14-27)23-7-11-26(12-8-23)42-44-28-16-18-33(48)30(20-28)38(49)50/h2-21,41,48H,39-40H2,1H3,(H,49,50)(H,51,52,53). The van der Waals surface area contributed by atoms with E-state index in [-0.39, 0.29) is 51.1 Å². The molecule has 0 saturated carbocycles. The molecule has 15 nitrogen and oxygen atoms in total. The van der Waals surface area contributed by atoms with E-state index in [1.807, 2.05) is 30.3 Å². The number of rotatable bonds is 11. The van der Waals surface area contributed by atoms with Crippen molar-refractivity contribution in [2.75, 3.05) is 16.8 Å². The normalized spacial score (nSPS) is 11.8. The number of hydrogen-bond acceptors (Lipinski definition) is 13. The minimum Gasteiger partial charge on any atom is -0.507 e. The lowest BCUT2D eigenvalue weighted by Gasteiger charge is -2.11. The number of nitrogens with zero attached hydrogens (tertiary/aromatic N) is 6. The number of benzene rings is 6. The second-order valence-electron chi connectivity index (χ2n) is 11.7. The van der Waals surface area contributed by atoms with Crippen molar-refractivity contribution in [3.05, 3.63) is 132 Å². The number of azo groups is 3. The van der Waals surface area contributed by atoms with Gasteiger partial charge in [-0.05, 0) is 102 Å². The van der Waals surface area contributed by atoms with E-state index >= 15 is 0 Å². The van der Waals surface area contributed by atoms with Crippen molar-refractivity contribution in [1.82, 2.24) is 0 Å². The summed E-state index contributed by atoms with van der Waals surface area (Å²) in [4.78, 5) is 10.9. The topological polar surface area (TPSA) is 250 Å². The van der Waals surface area contributed by atoms with Crippen LogP contribution in [0.4, 0.5) is 56.9 Å². The summed E-state index contributed by atoms with van der Waals surface area (Å²) in [5, 5.41) is 47.1. The highest BCUT2D eigenvalue weighted by molar-refractivity contribution is 7.86. The van der Waals surface area contributed by atoms with Crippen molar-refractivity contribution in [1.29, 1.82) is 0 Å². The van der Waals surface area contributed by atoms with Crippen molar-refractivity contribution in [2.24, 2.45) is 30.7 Å². The Morgan fingerprint density at radius 3 is 1.80 bits per heavy atom. The number of phenols is 1. The summed E-state index contributed by atoms with van der Waals surface area (Å²) in [6.45, 7) is 1.75. The Kier molecular flexibility index (Phi) is 10.5. The zero-order chi connectivity index (χ0) is 38.4. The van der Waals surface area contributed by atoms with Gasteiger partial charge < -0.3 is 27.0 Å². The van der Waals surface area contributed by atoms with Gasteiger partial charge in [-0.2, -0.15) is 28.9 Å². The number of aromatic hydroxyl groups is 1. The predicted molar refractivity (Wildman–Crippen MR) is 205 cm³/mol. The first-order valence-corrected chi connectivity index (χ1v) is 17.4. The zero-order valence-corrected chi connectivity index (χ0v) is 29.2. The van der Waals surface area contributed by atoms with Crippen molar-refractivity contribution in [2.45, 2.75) is 11.8 Å². The van der Waals surface area contributed by atoms with E-state index < -0.39 is 21.0 Å². The lowest BCUT2D eigenvalue weighted by molar-refractivity contribution is 0.0693. The summed E-state index contributed by atoms with van der Waals surface area (Å²) in [5.41, 5.74) is 17.8. The van der Waals surface area contributed by atoms with Gasteiger partial charge in [0.25, 0.3) is 10.1 Å². The van der Waals surface area contributed by atoms with Crippen LogP contribution in [-0.2, 0) is 10.1 Å². The Labute approximate surface area is 308 Å². The highest BCUT2D eigenvalue weighted by Gasteiger charge is 2.18. The Bertz CT molecular complexity index is 2560. The van der Waals surface area contributed by atoms with Gasteiger partial charge in [0.2, 0.25) is 0 Å². The number of nitrogens with two attached hydrogens (primary N) is 2. The van der Waals surface area contributed by atoms with Crippen molar-refractivity contribution in [3.8, 4) is 16.9 Å². The third-order valence-corrected chi connectivity index (χ3v) is 8.85. The van der Waals surface area contributed by atoms with Gasteiger partial charge in [0.1, 0.15) is 27.6 Å². The molecule has 6 aromatic carbocycles. The molecule has 0 aromatic heterocycles. The second-order valence-corrected chi connectivity index (χ2v) is 13.1. The molecule has 54 heavy (non-hydrogen) atoms. The largest absolute Gasteiger partial charge is 0.507 e. The van der Waals surface area contributed by atoms with Gasteiger partial charge in [-0.15, -0.1) is 10.2 Å². The van der Waals surface area contributed by atoms with E-state index in [0.717, 1.165) is 11.1 Å². The zero-order valence-electron chi connectivity index (χ0n) is 28.4. The lowest BCUT2D eigenvalue weighted by atomic mass is 10.1. The molecule has 0 aliphatic heterocycles. The maximum atomic E-state index is 12.2. The van der Waals surface area contributed by atoms with Gasteiger partial charge >= 0.3 is 5.97 Å². The first kappa shape index (κ1) is 36.5. The highest BCUT2D eigenvalue weighted by atomic mass is 32.2. The van der Waals surface area contributed by atoms with E-state index in [2.05, 4.69) is 36.0 Å². The molecule has 0 spiro atoms. The maximum Gasteiger partial charge on any atom is 0.339 e. The van der Waals surface area contributed by atoms with Crippen LogP contribution in [0.2, 0.25) is 0 Å². The molecule has 0 amide bonds. The Hall–Kier alpha value is -7.30. The van der Waals surface area contributed by atoms with Crippen LogP contribution in [0.5, 0.6) is 5.75 Å². The quantitative estimate of drug-likeness (QED) is 0.0419. The molecule has 16 heteroatoms. The van der Waals surface area contributed by atoms with Gasteiger partial charge in [0.05, 0.1) is 39.8 Å². The van der Waals surface area contributed by atoms with Gasteiger partial charge in [0, 0.05) is 5.69 Å². The number of aromatic carboxylic acids is 1. The summed E-state index contributed by atoms with van der Waals surface area (Å²) < 4.78 is 34.3. The number of para-hydroxylation sites is 1. The molecule has 0 unspecified atom stereocenters. The molecule has 0 aliphatic rings. The van der Waals surface area contributed by atoms with Crippen molar-refractivity contribution in [3.63, 3.8) is 0 Å². The third-order valence-electron chi connectivity index (χ3n) is 7.96. The van der Waals surface area contributed by atoms with E-state index in [1.165, 1.54) is 36.4 Å². The first-order valence-electron chi connectivity index (χ1n) is 16.0. The second kappa shape index (κ2) is 15.5. The molecule has 0 bridgehead atoms. The van der Waals surface area contributed by atoms with Crippen LogP contribution in [0.25, 0.3) is 11.1 Å². The number of carbonyl (C=O) groups is 1. The number of aryl methyl sites for hydroxylation is 1. The Morgan fingerprint density at radius 1 is 0.648 bits per heavy atom. The smallest absolute Gasteiger partial charge is 0.339 e. The van der Waals surface area contributed by atoms with Crippen LogP contribution in [0.15, 0.2) is 157 Å². The predicted octanol–water partition coefficient (Wildman–Crippen LogP) is 10.5. The van der Waals surface area contributed by atoms with E-state index in [1.54, 1.807) is 61.5 Å². The first-order chi connectivity index (χ1) is 25.9. The van der Waals surface area contributed by atoms with Gasteiger partial charge in [0.15, 0.2) is 0 Å². The number of nitrogens with one attached hydrogen (secondary N) is 1. The molecule has 6 aromatic rings.